The minimum Gasteiger partial charge on any atom is -0.359 e. The van der Waals surface area contributed by atoms with E-state index in [4.69, 9.17) is 15.0 Å². The summed E-state index contributed by atoms with van der Waals surface area (Å²) in [5, 5.41) is 9.84. The van der Waals surface area contributed by atoms with Gasteiger partial charge in [-0.1, -0.05) is 206 Å². The van der Waals surface area contributed by atoms with Crippen molar-refractivity contribution in [2.24, 2.45) is 4.99 Å². The van der Waals surface area contributed by atoms with E-state index in [1.165, 1.54) is 49.4 Å². The maximum absolute atomic E-state index is 5.27. The summed E-state index contributed by atoms with van der Waals surface area (Å²) in [6.45, 7) is 0. The van der Waals surface area contributed by atoms with Crippen LogP contribution < -0.4 is 5.32 Å². The number of fused-ring (bicyclic) bond motifs is 4. The molecule has 0 fully saturated rings. The highest BCUT2D eigenvalue weighted by Gasteiger charge is 2.24. The highest BCUT2D eigenvalue weighted by Crippen LogP contribution is 2.38. The average Bonchev–Trinajstić information content (AvgIpc) is 3.38. The van der Waals surface area contributed by atoms with Gasteiger partial charge in [0.2, 0.25) is 0 Å². The number of hydrogen-bond donors (Lipinski definition) is 1. The molecular formula is C60H40N4. The summed E-state index contributed by atoms with van der Waals surface area (Å²) in [6, 6.07) is 81.7. The third kappa shape index (κ3) is 6.79. The van der Waals surface area contributed by atoms with Crippen molar-refractivity contribution in [3.63, 3.8) is 0 Å². The Bertz CT molecular complexity index is 3580. The molecule has 2 heterocycles. The summed E-state index contributed by atoms with van der Waals surface area (Å²) in [6.07, 6.45) is 0. The molecule has 0 bridgehead atoms. The fourth-order valence-corrected chi connectivity index (χ4v) is 9.34. The van der Waals surface area contributed by atoms with E-state index in [-0.39, 0.29) is 6.04 Å². The van der Waals surface area contributed by atoms with E-state index in [1.807, 2.05) is 6.07 Å². The second kappa shape index (κ2) is 15.8. The molecule has 4 heteroatoms. The maximum atomic E-state index is 5.27. The van der Waals surface area contributed by atoms with Crippen LogP contribution in [0.15, 0.2) is 236 Å². The summed E-state index contributed by atoms with van der Waals surface area (Å²) < 4.78 is 0. The van der Waals surface area contributed by atoms with Crippen LogP contribution in [0.4, 0.5) is 5.69 Å². The van der Waals surface area contributed by atoms with Gasteiger partial charge in [-0.3, -0.25) is 0 Å². The molecule has 1 unspecified atom stereocenters. The van der Waals surface area contributed by atoms with E-state index in [2.05, 4.69) is 230 Å². The maximum Gasteiger partial charge on any atom is 0.160 e. The van der Waals surface area contributed by atoms with Gasteiger partial charge in [0.1, 0.15) is 5.84 Å². The van der Waals surface area contributed by atoms with Crippen LogP contribution in [0.1, 0.15) is 22.7 Å². The summed E-state index contributed by atoms with van der Waals surface area (Å²) in [7, 11) is 0. The molecule has 10 aromatic carbocycles. The Balaban J connectivity index is 0.859. The molecule has 0 radical (unpaired) electrons. The van der Waals surface area contributed by atoms with Crippen LogP contribution in [0.3, 0.4) is 0 Å². The molecule has 300 valence electrons. The number of para-hydroxylation sites is 2. The Kier molecular flexibility index (Phi) is 9.19. The Morgan fingerprint density at radius 2 is 0.875 bits per heavy atom. The Morgan fingerprint density at radius 3 is 1.58 bits per heavy atom. The topological polar surface area (TPSA) is 50.2 Å². The summed E-state index contributed by atoms with van der Waals surface area (Å²) >= 11 is 0. The van der Waals surface area contributed by atoms with Crippen molar-refractivity contribution in [3.05, 3.63) is 247 Å². The lowest BCUT2D eigenvalue weighted by Gasteiger charge is -2.28. The number of benzene rings is 10. The Labute approximate surface area is 371 Å². The van der Waals surface area contributed by atoms with Gasteiger partial charge in [-0.15, -0.1) is 0 Å². The number of nitrogens with one attached hydrogen (secondary N) is 1. The first-order chi connectivity index (χ1) is 31.7. The molecule has 64 heavy (non-hydrogen) atoms. The van der Waals surface area contributed by atoms with E-state index in [9.17, 15) is 0 Å². The van der Waals surface area contributed by atoms with E-state index in [0.29, 0.717) is 5.82 Å². The SMILES string of the molecule is c1cc(C2=Nc3ccccc3C(c3ccc(-c4cccc5ccccc45)cc3)N2)cc(-c2cccc(-c3nc(-c4ccc(-c5cccc6ccccc56)cc4)c4ccccc4n3)c2)c1. The summed E-state index contributed by atoms with van der Waals surface area (Å²) in [5.41, 5.74) is 15.2. The van der Waals surface area contributed by atoms with Gasteiger partial charge < -0.3 is 5.32 Å². The van der Waals surface area contributed by atoms with E-state index in [0.717, 1.165) is 61.5 Å². The number of rotatable bonds is 7. The first kappa shape index (κ1) is 37.3. The van der Waals surface area contributed by atoms with Crippen LogP contribution in [-0.4, -0.2) is 15.8 Å². The minimum absolute atomic E-state index is 0.0640. The lowest BCUT2D eigenvalue weighted by atomic mass is 9.92. The van der Waals surface area contributed by atoms with Gasteiger partial charge in [-0.2, -0.15) is 0 Å². The second-order valence-corrected chi connectivity index (χ2v) is 16.4. The molecule has 1 atom stereocenters. The molecule has 0 aliphatic carbocycles. The highest BCUT2D eigenvalue weighted by molar-refractivity contribution is 6.03. The Morgan fingerprint density at radius 1 is 0.359 bits per heavy atom. The number of aromatic nitrogens is 2. The monoisotopic (exact) mass is 816 g/mol. The van der Waals surface area contributed by atoms with Gasteiger partial charge in [0.15, 0.2) is 5.82 Å². The zero-order valence-electron chi connectivity index (χ0n) is 34.9. The van der Waals surface area contributed by atoms with Crippen LogP contribution >= 0.6 is 0 Å². The van der Waals surface area contributed by atoms with Gasteiger partial charge in [0, 0.05) is 27.6 Å². The van der Waals surface area contributed by atoms with E-state index >= 15 is 0 Å². The van der Waals surface area contributed by atoms with Crippen LogP contribution in [0.2, 0.25) is 0 Å². The molecule has 11 aromatic rings. The first-order valence-corrected chi connectivity index (χ1v) is 21.8. The normalized spacial score (nSPS) is 13.4. The molecule has 0 amide bonds. The van der Waals surface area contributed by atoms with Crippen LogP contribution in [0, 0.1) is 0 Å². The molecule has 1 aromatic heterocycles. The van der Waals surface area contributed by atoms with Crippen molar-refractivity contribution in [1.82, 2.24) is 15.3 Å². The third-order valence-corrected chi connectivity index (χ3v) is 12.6. The lowest BCUT2D eigenvalue weighted by Crippen LogP contribution is -2.32. The smallest absolute Gasteiger partial charge is 0.160 e. The van der Waals surface area contributed by atoms with Crippen molar-refractivity contribution in [3.8, 4) is 56.0 Å². The molecule has 0 spiro atoms. The molecule has 1 aliphatic rings. The van der Waals surface area contributed by atoms with Gasteiger partial charge in [0.25, 0.3) is 0 Å². The quantitative estimate of drug-likeness (QED) is 0.174. The summed E-state index contributed by atoms with van der Waals surface area (Å²) in [5.74, 6) is 1.53. The van der Waals surface area contributed by atoms with Crippen LogP contribution in [-0.2, 0) is 0 Å². The van der Waals surface area contributed by atoms with Gasteiger partial charge in [-0.25, -0.2) is 15.0 Å². The molecule has 4 nitrogen and oxygen atoms in total. The number of nitrogens with zero attached hydrogens (tertiary/aromatic N) is 3. The summed E-state index contributed by atoms with van der Waals surface area (Å²) in [4.78, 5) is 15.6. The molecular weight excluding hydrogens is 777 g/mol. The van der Waals surface area contributed by atoms with E-state index in [1.54, 1.807) is 0 Å². The van der Waals surface area contributed by atoms with Gasteiger partial charge in [-0.05, 0) is 84.8 Å². The minimum atomic E-state index is -0.0640. The van der Waals surface area contributed by atoms with Crippen molar-refractivity contribution in [2.75, 3.05) is 0 Å². The second-order valence-electron chi connectivity index (χ2n) is 16.4. The first-order valence-electron chi connectivity index (χ1n) is 21.8. The Hall–Kier alpha value is -8.47. The predicted octanol–water partition coefficient (Wildman–Crippen LogP) is 15.0. The van der Waals surface area contributed by atoms with E-state index < -0.39 is 0 Å². The predicted molar refractivity (Wildman–Crippen MR) is 266 cm³/mol. The number of amidine groups is 1. The molecule has 0 saturated heterocycles. The van der Waals surface area contributed by atoms with Crippen molar-refractivity contribution >= 4 is 44.0 Å². The van der Waals surface area contributed by atoms with Gasteiger partial charge >= 0.3 is 0 Å². The van der Waals surface area contributed by atoms with Gasteiger partial charge in [0.05, 0.1) is 22.9 Å². The largest absolute Gasteiger partial charge is 0.359 e. The fourth-order valence-electron chi connectivity index (χ4n) is 9.34. The third-order valence-electron chi connectivity index (χ3n) is 12.6. The number of aliphatic imine (C=N–C) groups is 1. The molecule has 1 N–H and O–H groups in total. The van der Waals surface area contributed by atoms with Crippen molar-refractivity contribution in [2.45, 2.75) is 6.04 Å². The van der Waals surface area contributed by atoms with Crippen molar-refractivity contribution < 1.29 is 0 Å². The molecule has 12 rings (SSSR count). The van der Waals surface area contributed by atoms with Crippen LogP contribution in [0.5, 0.6) is 0 Å². The highest BCUT2D eigenvalue weighted by atomic mass is 15.1. The zero-order valence-corrected chi connectivity index (χ0v) is 34.9. The van der Waals surface area contributed by atoms with Crippen LogP contribution in [0.25, 0.3) is 88.5 Å². The zero-order chi connectivity index (χ0) is 42.4. The fraction of sp³-hybridized carbons (Fsp3) is 0.0167. The standard InChI is InChI=1S/C60H40N4/c1-3-21-49-39(13-1)15-11-25-51(49)41-29-33-43(34-30-41)57-53-23-5-7-27-55(53)61-59(63-57)47-19-9-17-45(37-47)46-18-10-20-48(38-46)60-62-56-28-8-6-24-54(56)58(64-60)44-35-31-42(32-36-44)52-26-12-16-40-14-2-4-22-50(40)52/h1-38,57H,(H,61,63). The number of hydrogen-bond acceptors (Lipinski definition) is 4. The molecule has 0 saturated carbocycles. The molecule has 1 aliphatic heterocycles. The average molecular weight is 817 g/mol. The van der Waals surface area contributed by atoms with Crippen molar-refractivity contribution in [1.29, 1.82) is 0 Å². The lowest BCUT2D eigenvalue weighted by molar-refractivity contribution is 0.749.